The number of hydrogen-bond acceptors (Lipinski definition) is 7. The Morgan fingerprint density at radius 1 is 1.26 bits per heavy atom. The van der Waals surface area contributed by atoms with E-state index in [1.165, 1.54) is 36.4 Å². The van der Waals surface area contributed by atoms with Crippen molar-refractivity contribution in [1.82, 2.24) is 4.90 Å². The molecule has 12 heteroatoms. The van der Waals surface area contributed by atoms with Crippen LogP contribution in [-0.4, -0.2) is 34.6 Å². The lowest BCUT2D eigenvalue weighted by Crippen LogP contribution is -2.39. The van der Waals surface area contributed by atoms with Gasteiger partial charge in [0.2, 0.25) is 0 Å². The van der Waals surface area contributed by atoms with Gasteiger partial charge in [-0.3, -0.25) is 10.1 Å². The van der Waals surface area contributed by atoms with Crippen molar-refractivity contribution in [2.45, 2.75) is 11.4 Å². The number of nitro groups is 1. The highest BCUT2D eigenvalue weighted by Gasteiger charge is 2.24. The van der Waals surface area contributed by atoms with Crippen molar-refractivity contribution in [3.63, 3.8) is 0 Å². The van der Waals surface area contributed by atoms with Crippen LogP contribution in [0.1, 0.15) is 5.56 Å². The first-order valence-electron chi connectivity index (χ1n) is 7.18. The molecule has 2 aromatic carbocycles. The predicted molar refractivity (Wildman–Crippen MR) is 97.7 cm³/mol. The Bertz CT molecular complexity index is 980. The van der Waals surface area contributed by atoms with E-state index < -0.39 is 38.5 Å². The van der Waals surface area contributed by atoms with Crippen LogP contribution in [0.5, 0.6) is 5.75 Å². The molecule has 0 saturated heterocycles. The predicted octanol–water partition coefficient (Wildman–Crippen LogP) is 2.09. The first-order valence-corrected chi connectivity index (χ1v) is 9.00. The summed E-state index contributed by atoms with van der Waals surface area (Å²) >= 11 is 4.60. The van der Waals surface area contributed by atoms with Crippen molar-refractivity contribution >= 4 is 39.2 Å². The van der Waals surface area contributed by atoms with Crippen molar-refractivity contribution in [1.29, 1.82) is 0 Å². The number of amides is 1. The lowest BCUT2D eigenvalue weighted by atomic mass is 10.1. The van der Waals surface area contributed by atoms with Gasteiger partial charge in [-0.25, -0.2) is 9.69 Å². The molecular formula is C15H13N3O7S2. The summed E-state index contributed by atoms with van der Waals surface area (Å²) < 4.78 is 29.3. The summed E-state index contributed by atoms with van der Waals surface area (Å²) in [4.78, 5) is 22.0. The number of nitrogens with zero attached hydrogens (tertiary/aromatic N) is 2. The molecule has 10 nitrogen and oxygen atoms in total. The van der Waals surface area contributed by atoms with Gasteiger partial charge in [0, 0.05) is 0 Å². The molecule has 0 aliphatic rings. The molecule has 27 heavy (non-hydrogen) atoms. The van der Waals surface area contributed by atoms with E-state index in [1.54, 1.807) is 6.07 Å². The molecule has 0 spiro atoms. The van der Waals surface area contributed by atoms with Gasteiger partial charge in [-0.15, -0.1) is 0 Å². The minimum absolute atomic E-state index is 0.0420. The van der Waals surface area contributed by atoms with Crippen LogP contribution in [0.4, 0.5) is 10.5 Å². The number of thiocarbonyl (C=S) groups is 1. The zero-order valence-corrected chi connectivity index (χ0v) is 15.1. The highest BCUT2D eigenvalue weighted by atomic mass is 32.2. The fraction of sp³-hybridized carbons (Fsp3) is 0.0667. The van der Waals surface area contributed by atoms with E-state index in [0.29, 0.717) is 4.90 Å². The van der Waals surface area contributed by atoms with Crippen LogP contribution in [0.15, 0.2) is 53.4 Å². The minimum Gasteiger partial charge on any atom is -0.465 e. The highest BCUT2D eigenvalue weighted by molar-refractivity contribution is 7.87. The third-order valence-electron chi connectivity index (χ3n) is 3.32. The molecular weight excluding hydrogens is 398 g/mol. The van der Waals surface area contributed by atoms with E-state index in [0.717, 1.165) is 6.07 Å². The number of rotatable bonds is 6. The molecule has 0 unspecified atom stereocenters. The monoisotopic (exact) mass is 411 g/mol. The summed E-state index contributed by atoms with van der Waals surface area (Å²) in [6.45, 7) is -0.479. The van der Waals surface area contributed by atoms with Gasteiger partial charge in [0.1, 0.15) is 10.6 Å². The minimum atomic E-state index is -4.19. The Morgan fingerprint density at radius 2 is 1.89 bits per heavy atom. The van der Waals surface area contributed by atoms with Gasteiger partial charge in [0.15, 0.2) is 5.11 Å². The molecule has 0 heterocycles. The van der Waals surface area contributed by atoms with Gasteiger partial charge >= 0.3 is 16.2 Å². The standard InChI is InChI=1S/C15H13N3O7S2/c16-14(26)17(15(19)20)9-10-6-7-11(8-13(10)18(21)22)25-27(23,24)12-4-2-1-3-5-12/h1-8H,9H2,(H2,16,26)(H,19,20). The number of carboxylic acid groups (broad SMARTS) is 1. The Morgan fingerprint density at radius 3 is 2.41 bits per heavy atom. The zero-order chi connectivity index (χ0) is 20.2. The Balaban J connectivity index is 2.37. The number of hydrogen-bond donors (Lipinski definition) is 2. The van der Waals surface area contributed by atoms with Gasteiger partial charge in [0.25, 0.3) is 5.69 Å². The maximum atomic E-state index is 12.2. The molecule has 0 radical (unpaired) electrons. The van der Waals surface area contributed by atoms with E-state index in [2.05, 4.69) is 12.2 Å². The van der Waals surface area contributed by atoms with Crippen LogP contribution in [0.3, 0.4) is 0 Å². The fourth-order valence-electron chi connectivity index (χ4n) is 2.07. The second-order valence-electron chi connectivity index (χ2n) is 5.11. The molecule has 0 aromatic heterocycles. The smallest absolute Gasteiger partial charge is 0.413 e. The third-order valence-corrected chi connectivity index (χ3v) is 4.80. The highest BCUT2D eigenvalue weighted by Crippen LogP contribution is 2.28. The average molecular weight is 411 g/mol. The van der Waals surface area contributed by atoms with Crippen LogP contribution < -0.4 is 9.92 Å². The van der Waals surface area contributed by atoms with E-state index in [4.69, 9.17) is 15.0 Å². The normalized spacial score (nSPS) is 10.8. The average Bonchev–Trinajstić information content (AvgIpc) is 2.60. The van der Waals surface area contributed by atoms with E-state index in [9.17, 15) is 23.3 Å². The van der Waals surface area contributed by atoms with Crippen LogP contribution in [0.2, 0.25) is 0 Å². The maximum absolute atomic E-state index is 12.2. The van der Waals surface area contributed by atoms with Gasteiger partial charge in [0.05, 0.1) is 23.1 Å². The molecule has 0 fully saturated rings. The molecule has 0 aliphatic heterocycles. The summed E-state index contributed by atoms with van der Waals surface area (Å²) in [6, 6.07) is 10.5. The second-order valence-corrected chi connectivity index (χ2v) is 7.07. The molecule has 0 aliphatic carbocycles. The molecule has 3 N–H and O–H groups in total. The number of nitro benzene ring substituents is 1. The summed E-state index contributed by atoms with van der Waals surface area (Å²) in [6.07, 6.45) is -1.48. The summed E-state index contributed by atoms with van der Waals surface area (Å²) in [5, 5.41) is 19.9. The van der Waals surface area contributed by atoms with Crippen LogP contribution in [0.25, 0.3) is 0 Å². The van der Waals surface area contributed by atoms with Gasteiger partial charge in [-0.1, -0.05) is 18.2 Å². The molecule has 2 rings (SSSR count). The Hall–Kier alpha value is -3.25. The Kier molecular flexibility index (Phi) is 5.92. The van der Waals surface area contributed by atoms with Crippen molar-refractivity contribution in [3.05, 3.63) is 64.2 Å². The van der Waals surface area contributed by atoms with Crippen molar-refractivity contribution < 1.29 is 27.4 Å². The van der Waals surface area contributed by atoms with Crippen molar-refractivity contribution in [2.24, 2.45) is 5.73 Å². The quantitative estimate of drug-likeness (QED) is 0.315. The summed E-state index contributed by atoms with van der Waals surface area (Å²) in [5.74, 6) is -0.300. The largest absolute Gasteiger partial charge is 0.465 e. The summed E-state index contributed by atoms with van der Waals surface area (Å²) in [5.41, 5.74) is 4.71. The lowest BCUT2D eigenvalue weighted by Gasteiger charge is -2.17. The van der Waals surface area contributed by atoms with Gasteiger partial charge in [-0.05, 0) is 36.5 Å². The zero-order valence-electron chi connectivity index (χ0n) is 13.5. The van der Waals surface area contributed by atoms with Crippen molar-refractivity contribution in [3.8, 4) is 5.75 Å². The van der Waals surface area contributed by atoms with Crippen LogP contribution in [-0.2, 0) is 16.7 Å². The SMILES string of the molecule is NC(=S)N(Cc1ccc(OS(=O)(=O)c2ccccc2)cc1[N+](=O)[O-])C(=O)O. The van der Waals surface area contributed by atoms with E-state index in [1.807, 2.05) is 0 Å². The van der Waals surface area contributed by atoms with Crippen LogP contribution in [0, 0.1) is 10.1 Å². The molecule has 0 bridgehead atoms. The molecule has 1 amide bonds. The molecule has 142 valence electrons. The summed E-state index contributed by atoms with van der Waals surface area (Å²) in [7, 11) is -4.19. The number of carbonyl (C=O) groups is 1. The first kappa shape index (κ1) is 20.1. The van der Waals surface area contributed by atoms with Crippen molar-refractivity contribution in [2.75, 3.05) is 0 Å². The lowest BCUT2D eigenvalue weighted by molar-refractivity contribution is -0.385. The van der Waals surface area contributed by atoms with Gasteiger partial charge < -0.3 is 15.0 Å². The number of benzene rings is 2. The van der Waals surface area contributed by atoms with E-state index in [-0.39, 0.29) is 16.2 Å². The molecule has 0 atom stereocenters. The fourth-order valence-corrected chi connectivity index (χ4v) is 3.16. The maximum Gasteiger partial charge on any atom is 0.413 e. The number of nitrogens with two attached hydrogens (primary N) is 1. The Labute approximate surface area is 159 Å². The second kappa shape index (κ2) is 7.97. The van der Waals surface area contributed by atoms with Gasteiger partial charge in [-0.2, -0.15) is 8.42 Å². The molecule has 0 saturated carbocycles. The van der Waals surface area contributed by atoms with E-state index >= 15 is 0 Å². The van der Waals surface area contributed by atoms with Crippen LogP contribution >= 0.6 is 12.2 Å². The topological polar surface area (TPSA) is 153 Å². The first-order chi connectivity index (χ1) is 12.6. The molecule has 2 aromatic rings. The third kappa shape index (κ3) is 4.89.